The van der Waals surface area contributed by atoms with Crippen LogP contribution in [-0.2, 0) is 6.54 Å². The summed E-state index contributed by atoms with van der Waals surface area (Å²) in [6.07, 6.45) is 3.85. The predicted molar refractivity (Wildman–Crippen MR) is 74.7 cm³/mol. The lowest BCUT2D eigenvalue weighted by molar-refractivity contribution is 0.624. The van der Waals surface area contributed by atoms with Crippen molar-refractivity contribution in [3.05, 3.63) is 11.1 Å². The second-order valence-electron chi connectivity index (χ2n) is 4.82. The molecule has 0 saturated heterocycles. The van der Waals surface area contributed by atoms with Gasteiger partial charge in [-0.15, -0.1) is 11.3 Å². The molecule has 17 heavy (non-hydrogen) atoms. The molecule has 4 heteroatoms. The predicted octanol–water partition coefficient (Wildman–Crippen LogP) is 3.02. The molecule has 1 heterocycles. The lowest BCUT2D eigenvalue weighted by atomic mass is 10.2. The van der Waals surface area contributed by atoms with Crippen LogP contribution in [0.5, 0.6) is 0 Å². The lowest BCUT2D eigenvalue weighted by Gasteiger charge is -2.26. The number of aromatic nitrogens is 1. The first-order valence-corrected chi connectivity index (χ1v) is 7.57. The van der Waals surface area contributed by atoms with E-state index in [4.69, 9.17) is 4.98 Å². The second kappa shape index (κ2) is 5.83. The molecule has 0 radical (unpaired) electrons. The van der Waals surface area contributed by atoms with Gasteiger partial charge in [0, 0.05) is 30.6 Å². The maximum Gasteiger partial charge on any atom is 0.185 e. The summed E-state index contributed by atoms with van der Waals surface area (Å²) in [5.74, 6) is 0. The molecule has 0 bridgehead atoms. The SMILES string of the molecule is CCC(C)N(CC)c1nc(CNC2CC2)cs1. The normalized spacial score (nSPS) is 17.1. The van der Waals surface area contributed by atoms with E-state index in [9.17, 15) is 0 Å². The zero-order chi connectivity index (χ0) is 12.3. The number of rotatable bonds is 7. The summed E-state index contributed by atoms with van der Waals surface area (Å²) in [6.45, 7) is 8.68. The minimum atomic E-state index is 0.579. The molecule has 1 N–H and O–H groups in total. The Morgan fingerprint density at radius 2 is 2.29 bits per heavy atom. The van der Waals surface area contributed by atoms with Crippen LogP contribution in [0.1, 0.15) is 45.7 Å². The molecular formula is C13H23N3S. The average Bonchev–Trinajstić information content (AvgIpc) is 3.07. The zero-order valence-corrected chi connectivity index (χ0v) is 11.9. The molecule has 1 aromatic rings. The lowest BCUT2D eigenvalue weighted by Crippen LogP contribution is -2.32. The van der Waals surface area contributed by atoms with E-state index in [0.29, 0.717) is 6.04 Å². The highest BCUT2D eigenvalue weighted by molar-refractivity contribution is 7.13. The molecule has 1 unspecified atom stereocenters. The second-order valence-corrected chi connectivity index (χ2v) is 5.66. The van der Waals surface area contributed by atoms with Crippen LogP contribution >= 0.6 is 11.3 Å². The van der Waals surface area contributed by atoms with Gasteiger partial charge in [0.25, 0.3) is 0 Å². The first-order chi connectivity index (χ1) is 8.24. The highest BCUT2D eigenvalue weighted by Gasteiger charge is 2.21. The number of thiazole rings is 1. The molecule has 96 valence electrons. The molecule has 1 aromatic heterocycles. The van der Waals surface area contributed by atoms with E-state index in [1.165, 1.54) is 30.1 Å². The van der Waals surface area contributed by atoms with E-state index in [2.05, 4.69) is 36.4 Å². The standard InChI is InChI=1S/C13H23N3S/c1-4-10(3)16(5-2)13-15-12(9-17-13)8-14-11-6-7-11/h9-11,14H,4-8H2,1-3H3. The van der Waals surface area contributed by atoms with Crippen molar-refractivity contribution in [1.29, 1.82) is 0 Å². The van der Waals surface area contributed by atoms with Crippen molar-refractivity contribution in [3.63, 3.8) is 0 Å². The molecule has 0 spiro atoms. The van der Waals surface area contributed by atoms with Crippen molar-refractivity contribution in [2.75, 3.05) is 11.4 Å². The highest BCUT2D eigenvalue weighted by atomic mass is 32.1. The van der Waals surface area contributed by atoms with Gasteiger partial charge >= 0.3 is 0 Å². The summed E-state index contributed by atoms with van der Waals surface area (Å²) >= 11 is 1.77. The molecule has 1 aliphatic carbocycles. The Morgan fingerprint density at radius 3 is 2.88 bits per heavy atom. The van der Waals surface area contributed by atoms with Gasteiger partial charge in [0.2, 0.25) is 0 Å². The third kappa shape index (κ3) is 3.42. The van der Waals surface area contributed by atoms with Gasteiger partial charge in [0.15, 0.2) is 5.13 Å². The van der Waals surface area contributed by atoms with Gasteiger partial charge in [0.05, 0.1) is 5.69 Å². The summed E-state index contributed by atoms with van der Waals surface area (Å²) in [6, 6.07) is 1.34. The highest BCUT2D eigenvalue weighted by Crippen LogP contribution is 2.24. The monoisotopic (exact) mass is 253 g/mol. The number of hydrogen-bond donors (Lipinski definition) is 1. The van der Waals surface area contributed by atoms with Crippen LogP contribution in [0.2, 0.25) is 0 Å². The fourth-order valence-electron chi connectivity index (χ4n) is 1.90. The van der Waals surface area contributed by atoms with E-state index in [0.717, 1.165) is 19.1 Å². The van der Waals surface area contributed by atoms with Crippen LogP contribution in [0, 0.1) is 0 Å². The van der Waals surface area contributed by atoms with E-state index in [1.807, 2.05) is 0 Å². The Hall–Kier alpha value is -0.610. The van der Waals surface area contributed by atoms with Gasteiger partial charge in [-0.05, 0) is 33.1 Å². The van der Waals surface area contributed by atoms with E-state index in [1.54, 1.807) is 11.3 Å². The van der Waals surface area contributed by atoms with Crippen LogP contribution in [0.15, 0.2) is 5.38 Å². The largest absolute Gasteiger partial charge is 0.346 e. The molecule has 0 amide bonds. The number of nitrogens with zero attached hydrogens (tertiary/aromatic N) is 2. The first kappa shape index (κ1) is 12.8. The van der Waals surface area contributed by atoms with Gasteiger partial charge in [0.1, 0.15) is 0 Å². The van der Waals surface area contributed by atoms with Gasteiger partial charge in [-0.2, -0.15) is 0 Å². The van der Waals surface area contributed by atoms with Crippen molar-refractivity contribution in [1.82, 2.24) is 10.3 Å². The summed E-state index contributed by atoms with van der Waals surface area (Å²) < 4.78 is 0. The summed E-state index contributed by atoms with van der Waals surface area (Å²) in [7, 11) is 0. The minimum Gasteiger partial charge on any atom is -0.346 e. The van der Waals surface area contributed by atoms with Crippen molar-refractivity contribution in [3.8, 4) is 0 Å². The van der Waals surface area contributed by atoms with Crippen LogP contribution in [-0.4, -0.2) is 23.6 Å². The fraction of sp³-hybridized carbons (Fsp3) is 0.769. The Kier molecular flexibility index (Phi) is 4.40. The van der Waals surface area contributed by atoms with Crippen molar-refractivity contribution in [2.45, 2.75) is 58.7 Å². The van der Waals surface area contributed by atoms with Gasteiger partial charge in [-0.1, -0.05) is 6.92 Å². The van der Waals surface area contributed by atoms with E-state index in [-0.39, 0.29) is 0 Å². The summed E-state index contributed by atoms with van der Waals surface area (Å²) in [5.41, 5.74) is 1.19. The number of nitrogens with one attached hydrogen (secondary N) is 1. The quantitative estimate of drug-likeness (QED) is 0.809. The van der Waals surface area contributed by atoms with E-state index >= 15 is 0 Å². The van der Waals surface area contributed by atoms with E-state index < -0.39 is 0 Å². The van der Waals surface area contributed by atoms with Crippen molar-refractivity contribution in [2.24, 2.45) is 0 Å². The smallest absolute Gasteiger partial charge is 0.185 e. The summed E-state index contributed by atoms with van der Waals surface area (Å²) in [4.78, 5) is 7.13. The molecule has 2 rings (SSSR count). The van der Waals surface area contributed by atoms with Gasteiger partial charge in [-0.3, -0.25) is 0 Å². The first-order valence-electron chi connectivity index (χ1n) is 6.69. The minimum absolute atomic E-state index is 0.579. The van der Waals surface area contributed by atoms with Crippen LogP contribution in [0.4, 0.5) is 5.13 Å². The van der Waals surface area contributed by atoms with Crippen molar-refractivity contribution >= 4 is 16.5 Å². The Labute approximate surface area is 108 Å². The summed E-state index contributed by atoms with van der Waals surface area (Å²) in [5, 5.41) is 6.88. The third-order valence-electron chi connectivity index (χ3n) is 3.40. The number of hydrogen-bond acceptors (Lipinski definition) is 4. The maximum atomic E-state index is 4.73. The molecular weight excluding hydrogens is 230 g/mol. The zero-order valence-electron chi connectivity index (χ0n) is 11.1. The molecule has 1 aliphatic rings. The van der Waals surface area contributed by atoms with Gasteiger partial charge in [-0.25, -0.2) is 4.98 Å². The Bertz CT molecular complexity index is 346. The van der Waals surface area contributed by atoms with Gasteiger partial charge < -0.3 is 10.2 Å². The Balaban J connectivity index is 1.94. The maximum absolute atomic E-state index is 4.73. The molecule has 1 saturated carbocycles. The molecule has 1 fully saturated rings. The average molecular weight is 253 g/mol. The number of anilines is 1. The Morgan fingerprint density at radius 1 is 1.53 bits per heavy atom. The molecule has 0 aromatic carbocycles. The molecule has 1 atom stereocenters. The molecule has 3 nitrogen and oxygen atoms in total. The fourth-order valence-corrected chi connectivity index (χ4v) is 2.89. The van der Waals surface area contributed by atoms with Crippen LogP contribution < -0.4 is 10.2 Å². The third-order valence-corrected chi connectivity index (χ3v) is 4.32. The molecule has 0 aliphatic heterocycles. The van der Waals surface area contributed by atoms with Crippen LogP contribution in [0.25, 0.3) is 0 Å². The van der Waals surface area contributed by atoms with Crippen molar-refractivity contribution < 1.29 is 0 Å². The topological polar surface area (TPSA) is 28.2 Å². The van der Waals surface area contributed by atoms with Crippen LogP contribution in [0.3, 0.4) is 0 Å².